The van der Waals surface area contributed by atoms with Gasteiger partial charge in [0.25, 0.3) is 0 Å². The molecule has 1 aliphatic heterocycles. The minimum Gasteiger partial charge on any atom is -0.380 e. The van der Waals surface area contributed by atoms with E-state index in [1.165, 1.54) is 19.3 Å². The van der Waals surface area contributed by atoms with Crippen LogP contribution in [0.3, 0.4) is 0 Å². The lowest BCUT2D eigenvalue weighted by atomic mass is 9.88. The molecule has 0 aromatic rings. The van der Waals surface area contributed by atoms with E-state index in [0.29, 0.717) is 6.61 Å². The highest BCUT2D eigenvalue weighted by Crippen LogP contribution is 2.33. The van der Waals surface area contributed by atoms with Gasteiger partial charge in [-0.2, -0.15) is 0 Å². The fraction of sp³-hybridized carbons (Fsp3) is 0.917. The fourth-order valence-corrected chi connectivity index (χ4v) is 2.40. The first-order valence-corrected chi connectivity index (χ1v) is 6.08. The van der Waals surface area contributed by atoms with E-state index in [0.717, 1.165) is 38.4 Å². The summed E-state index contributed by atoms with van der Waals surface area (Å²) in [5, 5.41) is 0. The predicted octanol–water partition coefficient (Wildman–Crippen LogP) is 1.47. The number of nitrogens with zero attached hydrogens (tertiary/aromatic N) is 1. The molecule has 0 bridgehead atoms. The summed E-state index contributed by atoms with van der Waals surface area (Å²) in [6.45, 7) is 5.62. The Bertz CT molecular complexity index is 220. The van der Waals surface area contributed by atoms with Gasteiger partial charge in [-0.05, 0) is 32.2 Å². The highest BCUT2D eigenvalue weighted by molar-refractivity contribution is 5.60. The molecule has 3 nitrogen and oxygen atoms in total. The van der Waals surface area contributed by atoms with Gasteiger partial charge in [-0.1, -0.05) is 6.92 Å². The number of rotatable bonds is 6. The van der Waals surface area contributed by atoms with Crippen LogP contribution in [0.4, 0.5) is 0 Å². The highest BCUT2D eigenvalue weighted by atomic mass is 16.5. The average Bonchev–Trinajstić information content (AvgIpc) is 3.00. The molecule has 1 atom stereocenters. The molecule has 0 N–H and O–H groups in total. The molecule has 0 spiro atoms. The van der Waals surface area contributed by atoms with Crippen LogP contribution in [0.1, 0.15) is 32.6 Å². The van der Waals surface area contributed by atoms with Gasteiger partial charge in [0.1, 0.15) is 6.29 Å². The molecule has 2 rings (SSSR count). The third-order valence-corrected chi connectivity index (χ3v) is 3.48. The molecular formula is C12H21NO2. The van der Waals surface area contributed by atoms with Crippen molar-refractivity contribution in [1.29, 1.82) is 0 Å². The molecule has 1 saturated heterocycles. The lowest BCUT2D eigenvalue weighted by Gasteiger charge is -2.30. The molecule has 0 aromatic heterocycles. The molecule has 3 heteroatoms. The second kappa shape index (κ2) is 4.62. The number of ether oxygens (including phenoxy) is 1. The van der Waals surface area contributed by atoms with Crippen LogP contribution in [-0.2, 0) is 9.53 Å². The molecule has 0 amide bonds. The van der Waals surface area contributed by atoms with E-state index in [-0.39, 0.29) is 5.41 Å². The van der Waals surface area contributed by atoms with E-state index in [9.17, 15) is 4.79 Å². The number of hydrogen-bond donors (Lipinski definition) is 0. The van der Waals surface area contributed by atoms with Crippen molar-refractivity contribution in [3.05, 3.63) is 0 Å². The molecule has 1 heterocycles. The van der Waals surface area contributed by atoms with Crippen molar-refractivity contribution >= 4 is 6.29 Å². The Morgan fingerprint density at radius 2 is 2.33 bits per heavy atom. The topological polar surface area (TPSA) is 29.5 Å². The van der Waals surface area contributed by atoms with Crippen LogP contribution >= 0.6 is 0 Å². The van der Waals surface area contributed by atoms with Crippen LogP contribution in [0.25, 0.3) is 0 Å². The fourth-order valence-electron chi connectivity index (χ4n) is 2.40. The zero-order chi connectivity index (χ0) is 10.7. The van der Waals surface area contributed by atoms with Gasteiger partial charge in [0.15, 0.2) is 0 Å². The third kappa shape index (κ3) is 2.58. The molecule has 0 radical (unpaired) electrons. The van der Waals surface area contributed by atoms with Gasteiger partial charge in [0.2, 0.25) is 0 Å². The van der Waals surface area contributed by atoms with Crippen molar-refractivity contribution in [3.63, 3.8) is 0 Å². The summed E-state index contributed by atoms with van der Waals surface area (Å²) in [7, 11) is 0. The number of hydrogen-bond acceptors (Lipinski definition) is 3. The molecule has 2 aliphatic rings. The van der Waals surface area contributed by atoms with E-state index < -0.39 is 0 Å². The van der Waals surface area contributed by atoms with E-state index in [2.05, 4.69) is 11.8 Å². The molecule has 1 unspecified atom stereocenters. The second-order valence-corrected chi connectivity index (χ2v) is 4.98. The Morgan fingerprint density at radius 3 is 2.80 bits per heavy atom. The standard InChI is InChI=1S/C12H21NO2/c1-2-6-13(11-3-4-11)8-12(9-14)5-7-15-10-12/h9,11H,2-8,10H2,1H3. The first-order valence-electron chi connectivity index (χ1n) is 6.08. The molecule has 1 aliphatic carbocycles. The lowest BCUT2D eigenvalue weighted by Crippen LogP contribution is -2.41. The summed E-state index contributed by atoms with van der Waals surface area (Å²) in [5.74, 6) is 0. The summed E-state index contributed by atoms with van der Waals surface area (Å²) < 4.78 is 5.37. The van der Waals surface area contributed by atoms with Crippen LogP contribution < -0.4 is 0 Å². The largest absolute Gasteiger partial charge is 0.380 e. The van der Waals surface area contributed by atoms with E-state index in [4.69, 9.17) is 4.74 Å². The number of aldehydes is 1. The van der Waals surface area contributed by atoms with Crippen molar-refractivity contribution in [2.24, 2.45) is 5.41 Å². The minimum absolute atomic E-state index is 0.197. The first kappa shape index (κ1) is 11.1. The molecule has 86 valence electrons. The summed E-state index contributed by atoms with van der Waals surface area (Å²) in [6.07, 6.45) is 5.84. The zero-order valence-electron chi connectivity index (χ0n) is 9.58. The first-order chi connectivity index (χ1) is 7.29. The Labute approximate surface area is 91.8 Å². The molecule has 0 aromatic carbocycles. The maximum atomic E-state index is 11.2. The van der Waals surface area contributed by atoms with Crippen molar-refractivity contribution in [1.82, 2.24) is 4.90 Å². The monoisotopic (exact) mass is 211 g/mol. The number of carbonyl (C=O) groups is 1. The van der Waals surface area contributed by atoms with Gasteiger partial charge < -0.3 is 9.53 Å². The Hall–Kier alpha value is -0.410. The van der Waals surface area contributed by atoms with Gasteiger partial charge in [-0.15, -0.1) is 0 Å². The molecule has 2 fully saturated rings. The zero-order valence-corrected chi connectivity index (χ0v) is 9.58. The molecule has 1 saturated carbocycles. The summed E-state index contributed by atoms with van der Waals surface area (Å²) >= 11 is 0. The summed E-state index contributed by atoms with van der Waals surface area (Å²) in [5.41, 5.74) is -0.197. The van der Waals surface area contributed by atoms with Crippen LogP contribution in [0, 0.1) is 5.41 Å². The third-order valence-electron chi connectivity index (χ3n) is 3.48. The van der Waals surface area contributed by atoms with Crippen LogP contribution in [0.15, 0.2) is 0 Å². The Balaban J connectivity index is 1.93. The molecular weight excluding hydrogens is 190 g/mol. The van der Waals surface area contributed by atoms with Gasteiger partial charge in [-0.25, -0.2) is 0 Å². The van der Waals surface area contributed by atoms with Crippen LogP contribution in [0.2, 0.25) is 0 Å². The minimum atomic E-state index is -0.197. The van der Waals surface area contributed by atoms with Crippen molar-refractivity contribution in [3.8, 4) is 0 Å². The van der Waals surface area contributed by atoms with Crippen molar-refractivity contribution < 1.29 is 9.53 Å². The van der Waals surface area contributed by atoms with E-state index >= 15 is 0 Å². The number of carbonyl (C=O) groups excluding carboxylic acids is 1. The van der Waals surface area contributed by atoms with Crippen LogP contribution in [0.5, 0.6) is 0 Å². The normalized spacial score (nSPS) is 31.1. The summed E-state index contributed by atoms with van der Waals surface area (Å²) in [6, 6.07) is 0.752. The lowest BCUT2D eigenvalue weighted by molar-refractivity contribution is -0.117. The van der Waals surface area contributed by atoms with Crippen molar-refractivity contribution in [2.75, 3.05) is 26.3 Å². The quantitative estimate of drug-likeness (QED) is 0.623. The smallest absolute Gasteiger partial charge is 0.129 e. The highest BCUT2D eigenvalue weighted by Gasteiger charge is 2.40. The van der Waals surface area contributed by atoms with Gasteiger partial charge in [0, 0.05) is 19.2 Å². The van der Waals surface area contributed by atoms with Crippen LogP contribution in [-0.4, -0.2) is 43.5 Å². The molecule has 15 heavy (non-hydrogen) atoms. The maximum absolute atomic E-state index is 11.2. The van der Waals surface area contributed by atoms with E-state index in [1.54, 1.807) is 0 Å². The van der Waals surface area contributed by atoms with E-state index in [1.807, 2.05) is 0 Å². The summed E-state index contributed by atoms with van der Waals surface area (Å²) in [4.78, 5) is 13.7. The predicted molar refractivity (Wildman–Crippen MR) is 58.8 cm³/mol. The van der Waals surface area contributed by atoms with Gasteiger partial charge in [-0.3, -0.25) is 4.90 Å². The Kier molecular flexibility index (Phi) is 3.42. The van der Waals surface area contributed by atoms with Crippen molar-refractivity contribution in [2.45, 2.75) is 38.6 Å². The Morgan fingerprint density at radius 1 is 1.53 bits per heavy atom. The second-order valence-electron chi connectivity index (χ2n) is 4.98. The SMILES string of the molecule is CCCN(CC1(C=O)CCOC1)C1CC1. The average molecular weight is 211 g/mol. The van der Waals surface area contributed by atoms with Gasteiger partial charge >= 0.3 is 0 Å². The van der Waals surface area contributed by atoms with Gasteiger partial charge in [0.05, 0.1) is 12.0 Å². The maximum Gasteiger partial charge on any atom is 0.129 e.